The molecule has 1 aliphatic rings. The number of nitrogens with zero attached hydrogens (tertiary/aromatic N) is 2. The molecule has 26 heavy (non-hydrogen) atoms. The summed E-state index contributed by atoms with van der Waals surface area (Å²) in [5.41, 5.74) is 2.02. The lowest BCUT2D eigenvalue weighted by molar-refractivity contribution is -0.139. The molecule has 5 heteroatoms. The van der Waals surface area contributed by atoms with Crippen LogP contribution in [0.25, 0.3) is 0 Å². The number of amides is 1. The van der Waals surface area contributed by atoms with Crippen LogP contribution in [0.5, 0.6) is 5.75 Å². The van der Waals surface area contributed by atoms with Crippen LogP contribution in [-0.2, 0) is 4.79 Å². The van der Waals surface area contributed by atoms with Gasteiger partial charge in [-0.25, -0.2) is 4.39 Å². The van der Waals surface area contributed by atoms with Crippen LogP contribution in [0.4, 0.5) is 10.1 Å². The third-order valence-electron chi connectivity index (χ3n) is 4.79. The van der Waals surface area contributed by atoms with Crippen LogP contribution in [0.15, 0.2) is 48.5 Å². The number of carbonyl (C=O) groups excluding carboxylic acids is 1. The molecule has 0 saturated carbocycles. The van der Waals surface area contributed by atoms with Crippen LogP contribution in [-0.4, -0.2) is 43.1 Å². The first-order chi connectivity index (χ1) is 12.6. The SMILES string of the molecule is CC[C@@H](Oc1ccccc1C)C(=O)N1CCN(c2ccc(F)cc2)CC1. The van der Waals surface area contributed by atoms with Gasteiger partial charge in [-0.1, -0.05) is 25.1 Å². The van der Waals surface area contributed by atoms with Crippen molar-refractivity contribution >= 4 is 11.6 Å². The maximum Gasteiger partial charge on any atom is 0.263 e. The van der Waals surface area contributed by atoms with E-state index in [4.69, 9.17) is 4.74 Å². The van der Waals surface area contributed by atoms with Crippen molar-refractivity contribution in [1.29, 1.82) is 0 Å². The molecule has 138 valence electrons. The summed E-state index contributed by atoms with van der Waals surface area (Å²) in [6.45, 7) is 6.70. The lowest BCUT2D eigenvalue weighted by Gasteiger charge is -2.37. The number of para-hydroxylation sites is 1. The van der Waals surface area contributed by atoms with Gasteiger partial charge in [-0.3, -0.25) is 4.79 Å². The molecule has 1 amide bonds. The van der Waals surface area contributed by atoms with Crippen LogP contribution in [0.3, 0.4) is 0 Å². The minimum absolute atomic E-state index is 0.0366. The van der Waals surface area contributed by atoms with E-state index in [1.807, 2.05) is 43.0 Å². The Morgan fingerprint density at radius 2 is 1.73 bits per heavy atom. The zero-order valence-corrected chi connectivity index (χ0v) is 15.3. The molecule has 3 rings (SSSR count). The molecule has 0 bridgehead atoms. The molecule has 4 nitrogen and oxygen atoms in total. The molecule has 1 fully saturated rings. The quantitative estimate of drug-likeness (QED) is 0.820. The molecular formula is C21H25FN2O2. The van der Waals surface area contributed by atoms with Crippen LogP contribution in [0.2, 0.25) is 0 Å². The predicted molar refractivity (Wildman–Crippen MR) is 101 cm³/mol. The van der Waals surface area contributed by atoms with Gasteiger partial charge in [0.1, 0.15) is 11.6 Å². The van der Waals surface area contributed by atoms with Gasteiger partial charge in [-0.05, 0) is 49.2 Å². The first-order valence-electron chi connectivity index (χ1n) is 9.10. The fourth-order valence-corrected chi connectivity index (χ4v) is 3.19. The van der Waals surface area contributed by atoms with E-state index in [1.54, 1.807) is 12.1 Å². The molecule has 1 heterocycles. The Hall–Kier alpha value is -2.56. The van der Waals surface area contributed by atoms with Crippen LogP contribution < -0.4 is 9.64 Å². The lowest BCUT2D eigenvalue weighted by Crippen LogP contribution is -2.52. The Morgan fingerprint density at radius 1 is 1.08 bits per heavy atom. The van der Waals surface area contributed by atoms with Gasteiger partial charge < -0.3 is 14.5 Å². The molecular weight excluding hydrogens is 331 g/mol. The maximum atomic E-state index is 13.1. The Kier molecular flexibility index (Phi) is 5.76. The van der Waals surface area contributed by atoms with Crippen molar-refractivity contribution in [3.63, 3.8) is 0 Å². The van der Waals surface area contributed by atoms with Crippen LogP contribution >= 0.6 is 0 Å². The number of anilines is 1. The monoisotopic (exact) mass is 356 g/mol. The molecule has 2 aromatic rings. The molecule has 0 radical (unpaired) electrons. The first-order valence-corrected chi connectivity index (χ1v) is 9.10. The number of hydrogen-bond donors (Lipinski definition) is 0. The summed E-state index contributed by atoms with van der Waals surface area (Å²) in [5.74, 6) is 0.564. The fraction of sp³-hybridized carbons (Fsp3) is 0.381. The van der Waals surface area contributed by atoms with Crippen LogP contribution in [0, 0.1) is 12.7 Å². The molecule has 0 aliphatic carbocycles. The van der Waals surface area contributed by atoms with Gasteiger partial charge in [-0.15, -0.1) is 0 Å². The molecule has 1 saturated heterocycles. The van der Waals surface area contributed by atoms with Crippen molar-refractivity contribution < 1.29 is 13.9 Å². The highest BCUT2D eigenvalue weighted by molar-refractivity contribution is 5.81. The van der Waals surface area contributed by atoms with Gasteiger partial charge >= 0.3 is 0 Å². The summed E-state index contributed by atoms with van der Waals surface area (Å²) in [5, 5.41) is 0. The summed E-state index contributed by atoms with van der Waals surface area (Å²) < 4.78 is 19.1. The Balaban J connectivity index is 1.59. The number of carbonyl (C=O) groups is 1. The van der Waals surface area contributed by atoms with E-state index < -0.39 is 6.10 Å². The fourth-order valence-electron chi connectivity index (χ4n) is 3.19. The molecule has 0 aromatic heterocycles. The highest BCUT2D eigenvalue weighted by Crippen LogP contribution is 2.21. The van der Waals surface area contributed by atoms with E-state index in [1.165, 1.54) is 12.1 Å². The summed E-state index contributed by atoms with van der Waals surface area (Å²) >= 11 is 0. The van der Waals surface area contributed by atoms with Crippen molar-refractivity contribution in [2.75, 3.05) is 31.1 Å². The smallest absolute Gasteiger partial charge is 0.263 e. The highest BCUT2D eigenvalue weighted by Gasteiger charge is 2.28. The topological polar surface area (TPSA) is 32.8 Å². The molecule has 2 aromatic carbocycles. The van der Waals surface area contributed by atoms with Gasteiger partial charge in [0.25, 0.3) is 5.91 Å². The summed E-state index contributed by atoms with van der Waals surface area (Å²) in [4.78, 5) is 16.9. The zero-order chi connectivity index (χ0) is 18.5. The van der Waals surface area contributed by atoms with Gasteiger partial charge in [0.05, 0.1) is 0 Å². The number of benzene rings is 2. The summed E-state index contributed by atoms with van der Waals surface area (Å²) in [6, 6.07) is 14.3. The largest absolute Gasteiger partial charge is 0.480 e. The average Bonchev–Trinajstić information content (AvgIpc) is 2.68. The second-order valence-electron chi connectivity index (χ2n) is 6.57. The average molecular weight is 356 g/mol. The van der Waals surface area contributed by atoms with Crippen molar-refractivity contribution in [2.45, 2.75) is 26.4 Å². The number of ether oxygens (including phenoxy) is 1. The van der Waals surface area contributed by atoms with Crippen molar-refractivity contribution in [1.82, 2.24) is 4.90 Å². The normalized spacial score (nSPS) is 15.7. The second-order valence-corrected chi connectivity index (χ2v) is 6.57. The maximum absolute atomic E-state index is 13.1. The van der Waals surface area contributed by atoms with Gasteiger partial charge in [0.2, 0.25) is 0 Å². The Labute approximate surface area is 154 Å². The molecule has 0 spiro atoms. The van der Waals surface area contributed by atoms with Crippen LogP contribution in [0.1, 0.15) is 18.9 Å². The number of rotatable bonds is 5. The highest BCUT2D eigenvalue weighted by atomic mass is 19.1. The number of hydrogen-bond acceptors (Lipinski definition) is 3. The van der Waals surface area contributed by atoms with Gasteiger partial charge in [-0.2, -0.15) is 0 Å². The molecule has 0 unspecified atom stereocenters. The molecule has 1 atom stereocenters. The van der Waals surface area contributed by atoms with E-state index in [2.05, 4.69) is 4.90 Å². The minimum Gasteiger partial charge on any atom is -0.480 e. The van der Waals surface area contributed by atoms with Gasteiger partial charge in [0.15, 0.2) is 6.10 Å². The zero-order valence-electron chi connectivity index (χ0n) is 15.3. The number of piperazine rings is 1. The van der Waals surface area contributed by atoms with Gasteiger partial charge in [0, 0.05) is 31.9 Å². The number of aryl methyl sites for hydroxylation is 1. The number of halogens is 1. The minimum atomic E-state index is -0.464. The van der Waals surface area contributed by atoms with Crippen molar-refractivity contribution in [3.05, 3.63) is 59.9 Å². The first kappa shape index (κ1) is 18.2. The Morgan fingerprint density at radius 3 is 2.35 bits per heavy atom. The summed E-state index contributed by atoms with van der Waals surface area (Å²) in [6.07, 6.45) is 0.166. The third kappa shape index (κ3) is 4.15. The van der Waals surface area contributed by atoms with Crippen molar-refractivity contribution in [2.24, 2.45) is 0 Å². The summed E-state index contributed by atoms with van der Waals surface area (Å²) in [7, 11) is 0. The van der Waals surface area contributed by atoms with E-state index in [0.717, 1.165) is 30.1 Å². The van der Waals surface area contributed by atoms with E-state index >= 15 is 0 Å². The third-order valence-corrected chi connectivity index (χ3v) is 4.79. The second kappa shape index (κ2) is 8.21. The Bertz CT molecular complexity index is 740. The molecule has 1 aliphatic heterocycles. The lowest BCUT2D eigenvalue weighted by atomic mass is 10.2. The van der Waals surface area contributed by atoms with E-state index in [0.29, 0.717) is 19.5 Å². The van der Waals surface area contributed by atoms with E-state index in [-0.39, 0.29) is 11.7 Å². The molecule has 0 N–H and O–H groups in total. The predicted octanol–water partition coefficient (Wildman–Crippen LogP) is 3.64. The van der Waals surface area contributed by atoms with E-state index in [9.17, 15) is 9.18 Å². The standard InChI is InChI=1S/C21H25FN2O2/c1-3-19(26-20-7-5-4-6-16(20)2)21(25)24-14-12-23(13-15-24)18-10-8-17(22)9-11-18/h4-11,19H,3,12-15H2,1-2H3/t19-/m1/s1. The van der Waals surface area contributed by atoms with Crippen molar-refractivity contribution in [3.8, 4) is 5.75 Å².